The van der Waals surface area contributed by atoms with Crippen LogP contribution in [0.2, 0.25) is 0 Å². The maximum absolute atomic E-state index is 11.5. The average Bonchev–Trinajstić information content (AvgIpc) is 2.42. The molecule has 2 heterocycles. The molecule has 7 heteroatoms. The summed E-state index contributed by atoms with van der Waals surface area (Å²) in [6.07, 6.45) is 0. The van der Waals surface area contributed by atoms with E-state index in [1.54, 1.807) is 12.1 Å². The number of likely N-dealkylation sites (N-methyl/N-ethyl adjacent to an activating group) is 1. The Balaban J connectivity index is 1.90. The summed E-state index contributed by atoms with van der Waals surface area (Å²) in [5.41, 5.74) is 3.54. The molecule has 0 bridgehead atoms. The van der Waals surface area contributed by atoms with Crippen LogP contribution in [0.4, 0.5) is 5.82 Å². The Morgan fingerprint density at radius 1 is 1.26 bits per heavy atom. The summed E-state index contributed by atoms with van der Waals surface area (Å²) < 4.78 is 0. The van der Waals surface area contributed by atoms with E-state index in [1.807, 2.05) is 6.92 Å². The first-order valence-electron chi connectivity index (χ1n) is 6.51. The summed E-state index contributed by atoms with van der Waals surface area (Å²) >= 11 is 0. The van der Waals surface area contributed by atoms with Gasteiger partial charge in [-0.05, 0) is 26.1 Å². The molecule has 1 aromatic rings. The van der Waals surface area contributed by atoms with Crippen LogP contribution in [0.15, 0.2) is 12.1 Å². The first-order valence-corrected chi connectivity index (χ1v) is 6.51. The van der Waals surface area contributed by atoms with E-state index in [2.05, 4.69) is 37.9 Å². The second-order valence-electron chi connectivity index (χ2n) is 4.57. The summed E-state index contributed by atoms with van der Waals surface area (Å²) in [5.74, 6) is 0.471. The van der Waals surface area contributed by atoms with Crippen molar-refractivity contribution in [1.82, 2.24) is 25.4 Å². The standard InChI is InChI=1S/C12H20N6O/c1-3-13-12(19)10-4-5-11(15-14-10)16-18-8-6-17(2)7-9-18/h4-5H,3,6-9H2,1-2H3,(H,13,19)(H,15,16). The molecule has 1 amide bonds. The fraction of sp³-hybridized carbons (Fsp3) is 0.583. The van der Waals surface area contributed by atoms with Gasteiger partial charge in [0.1, 0.15) is 0 Å². The first-order chi connectivity index (χ1) is 9.19. The second kappa shape index (κ2) is 6.44. The van der Waals surface area contributed by atoms with Crippen LogP contribution in [0.5, 0.6) is 0 Å². The van der Waals surface area contributed by atoms with Gasteiger partial charge in [0.2, 0.25) is 0 Å². The molecule has 0 saturated carbocycles. The van der Waals surface area contributed by atoms with Gasteiger partial charge in [-0.1, -0.05) is 0 Å². The maximum Gasteiger partial charge on any atom is 0.271 e. The number of nitrogens with one attached hydrogen (secondary N) is 2. The largest absolute Gasteiger partial charge is 0.351 e. The Morgan fingerprint density at radius 2 is 2.00 bits per heavy atom. The monoisotopic (exact) mass is 264 g/mol. The molecule has 104 valence electrons. The van der Waals surface area contributed by atoms with Gasteiger partial charge >= 0.3 is 0 Å². The predicted octanol–water partition coefficient (Wildman–Crippen LogP) is -0.199. The van der Waals surface area contributed by atoms with Crippen LogP contribution in [0.1, 0.15) is 17.4 Å². The zero-order valence-corrected chi connectivity index (χ0v) is 11.4. The number of aromatic nitrogens is 2. The van der Waals surface area contributed by atoms with E-state index >= 15 is 0 Å². The van der Waals surface area contributed by atoms with Crippen LogP contribution in [0, 0.1) is 0 Å². The van der Waals surface area contributed by atoms with Crippen molar-refractivity contribution in [1.29, 1.82) is 0 Å². The van der Waals surface area contributed by atoms with Crippen LogP contribution in [0.3, 0.4) is 0 Å². The Hall–Kier alpha value is -1.73. The van der Waals surface area contributed by atoms with E-state index in [0.717, 1.165) is 26.2 Å². The summed E-state index contributed by atoms with van der Waals surface area (Å²) in [6.45, 7) is 6.39. The Kier molecular flexibility index (Phi) is 4.64. The topological polar surface area (TPSA) is 73.4 Å². The zero-order valence-electron chi connectivity index (χ0n) is 11.4. The lowest BCUT2D eigenvalue weighted by molar-refractivity contribution is 0.0950. The van der Waals surface area contributed by atoms with Gasteiger partial charge < -0.3 is 15.6 Å². The molecular weight excluding hydrogens is 244 g/mol. The second-order valence-corrected chi connectivity index (χ2v) is 4.57. The third kappa shape index (κ3) is 3.87. The van der Waals surface area contributed by atoms with Crippen LogP contribution in [0.25, 0.3) is 0 Å². The van der Waals surface area contributed by atoms with E-state index in [4.69, 9.17) is 0 Å². The smallest absolute Gasteiger partial charge is 0.271 e. The summed E-state index contributed by atoms with van der Waals surface area (Å²) in [6, 6.07) is 3.45. The predicted molar refractivity (Wildman–Crippen MR) is 72.7 cm³/mol. The van der Waals surface area contributed by atoms with Crippen molar-refractivity contribution in [3.8, 4) is 0 Å². The SMILES string of the molecule is CCNC(=O)c1ccc(NN2CCN(C)CC2)nn1. The number of carbonyl (C=O) groups is 1. The maximum atomic E-state index is 11.5. The normalized spacial score (nSPS) is 17.2. The number of rotatable bonds is 4. The van der Waals surface area contributed by atoms with E-state index in [9.17, 15) is 4.79 Å². The van der Waals surface area contributed by atoms with Gasteiger partial charge in [-0.2, -0.15) is 0 Å². The fourth-order valence-electron chi connectivity index (χ4n) is 1.84. The molecule has 0 unspecified atom stereocenters. The van der Waals surface area contributed by atoms with Crippen LogP contribution in [-0.4, -0.2) is 65.8 Å². The minimum absolute atomic E-state index is 0.193. The molecule has 19 heavy (non-hydrogen) atoms. The quantitative estimate of drug-likeness (QED) is 0.784. The van der Waals surface area contributed by atoms with E-state index in [0.29, 0.717) is 18.1 Å². The lowest BCUT2D eigenvalue weighted by Gasteiger charge is -2.32. The Labute approximate surface area is 113 Å². The van der Waals surface area contributed by atoms with Crippen molar-refractivity contribution in [2.45, 2.75) is 6.92 Å². The highest BCUT2D eigenvalue weighted by atomic mass is 16.1. The van der Waals surface area contributed by atoms with E-state index in [-0.39, 0.29) is 5.91 Å². The highest BCUT2D eigenvalue weighted by Crippen LogP contribution is 2.06. The van der Waals surface area contributed by atoms with Crippen LogP contribution >= 0.6 is 0 Å². The minimum Gasteiger partial charge on any atom is -0.351 e. The molecule has 0 radical (unpaired) electrons. The van der Waals surface area contributed by atoms with Gasteiger partial charge in [-0.15, -0.1) is 10.2 Å². The van der Waals surface area contributed by atoms with E-state index in [1.165, 1.54) is 0 Å². The number of anilines is 1. The van der Waals surface area contributed by atoms with Crippen molar-refractivity contribution >= 4 is 11.7 Å². The van der Waals surface area contributed by atoms with Crippen molar-refractivity contribution in [2.75, 3.05) is 45.2 Å². The number of amides is 1. The van der Waals surface area contributed by atoms with Gasteiger partial charge in [0.15, 0.2) is 11.5 Å². The number of carbonyl (C=O) groups excluding carboxylic acids is 1. The fourth-order valence-corrected chi connectivity index (χ4v) is 1.84. The number of hydrogen-bond acceptors (Lipinski definition) is 6. The highest BCUT2D eigenvalue weighted by Gasteiger charge is 2.14. The van der Waals surface area contributed by atoms with Gasteiger partial charge in [-0.25, -0.2) is 5.01 Å². The van der Waals surface area contributed by atoms with Crippen molar-refractivity contribution in [3.05, 3.63) is 17.8 Å². The molecular formula is C12H20N6O. The number of piperazine rings is 1. The molecule has 1 aliphatic rings. The minimum atomic E-state index is -0.193. The van der Waals surface area contributed by atoms with E-state index < -0.39 is 0 Å². The molecule has 0 atom stereocenters. The number of hydrazine groups is 1. The average molecular weight is 264 g/mol. The molecule has 0 spiro atoms. The summed E-state index contributed by atoms with van der Waals surface area (Å²) in [4.78, 5) is 13.8. The molecule has 1 aliphatic heterocycles. The lowest BCUT2D eigenvalue weighted by atomic mass is 10.3. The van der Waals surface area contributed by atoms with Crippen molar-refractivity contribution in [2.24, 2.45) is 0 Å². The molecule has 1 aromatic heterocycles. The Morgan fingerprint density at radius 3 is 2.58 bits per heavy atom. The third-order valence-electron chi connectivity index (χ3n) is 3.01. The number of hydrogen-bond donors (Lipinski definition) is 2. The molecule has 2 rings (SSSR count). The third-order valence-corrected chi connectivity index (χ3v) is 3.01. The summed E-state index contributed by atoms with van der Waals surface area (Å²) in [7, 11) is 2.11. The van der Waals surface area contributed by atoms with Crippen molar-refractivity contribution in [3.63, 3.8) is 0 Å². The molecule has 1 saturated heterocycles. The van der Waals surface area contributed by atoms with Gasteiger partial charge in [0.05, 0.1) is 0 Å². The molecule has 2 N–H and O–H groups in total. The molecule has 1 fully saturated rings. The number of nitrogens with zero attached hydrogens (tertiary/aromatic N) is 4. The van der Waals surface area contributed by atoms with Gasteiger partial charge in [0, 0.05) is 32.7 Å². The van der Waals surface area contributed by atoms with Gasteiger partial charge in [-0.3, -0.25) is 4.79 Å². The molecule has 0 aromatic carbocycles. The Bertz CT molecular complexity index is 413. The zero-order chi connectivity index (χ0) is 13.7. The summed E-state index contributed by atoms with van der Waals surface area (Å²) in [5, 5.41) is 12.7. The van der Waals surface area contributed by atoms with Gasteiger partial charge in [0.25, 0.3) is 5.91 Å². The lowest BCUT2D eigenvalue weighted by Crippen LogP contribution is -2.47. The highest BCUT2D eigenvalue weighted by molar-refractivity contribution is 5.92. The molecule has 7 nitrogen and oxygen atoms in total. The van der Waals surface area contributed by atoms with Crippen LogP contribution < -0.4 is 10.7 Å². The van der Waals surface area contributed by atoms with Crippen molar-refractivity contribution < 1.29 is 4.79 Å². The molecule has 0 aliphatic carbocycles. The van der Waals surface area contributed by atoms with Crippen LogP contribution in [-0.2, 0) is 0 Å². The first kappa shape index (κ1) is 13.7.